The summed E-state index contributed by atoms with van der Waals surface area (Å²) in [5, 5.41) is 2.81. The summed E-state index contributed by atoms with van der Waals surface area (Å²) >= 11 is 0. The van der Waals surface area contributed by atoms with Gasteiger partial charge in [-0.1, -0.05) is 48.5 Å². The zero-order valence-electron chi connectivity index (χ0n) is 18.8. The van der Waals surface area contributed by atoms with E-state index in [1.807, 2.05) is 42.5 Å². The summed E-state index contributed by atoms with van der Waals surface area (Å²) in [5.41, 5.74) is 2.50. The second-order valence-corrected chi connectivity index (χ2v) is 8.67. The Balaban J connectivity index is 1.53. The molecule has 3 aromatic rings. The van der Waals surface area contributed by atoms with Crippen molar-refractivity contribution in [1.29, 1.82) is 0 Å². The molecule has 1 atom stereocenters. The van der Waals surface area contributed by atoms with Crippen molar-refractivity contribution in [3.05, 3.63) is 90.0 Å². The molecule has 4 rings (SSSR count). The maximum atomic E-state index is 14.1. The van der Waals surface area contributed by atoms with Crippen LogP contribution in [0.5, 0.6) is 0 Å². The van der Waals surface area contributed by atoms with Crippen LogP contribution < -0.4 is 5.32 Å². The molecular weight excluding hydrogens is 417 g/mol. The van der Waals surface area contributed by atoms with Crippen LogP contribution in [0, 0.1) is 11.2 Å². The summed E-state index contributed by atoms with van der Waals surface area (Å²) in [7, 11) is 1.64. The lowest BCUT2D eigenvalue weighted by Gasteiger charge is -2.41. The predicted molar refractivity (Wildman–Crippen MR) is 126 cm³/mol. The van der Waals surface area contributed by atoms with Crippen LogP contribution in [-0.2, 0) is 22.4 Å². The van der Waals surface area contributed by atoms with E-state index >= 15 is 0 Å². The Kier molecular flexibility index (Phi) is 6.82. The molecule has 0 radical (unpaired) electrons. The summed E-state index contributed by atoms with van der Waals surface area (Å²) < 4.78 is 14.1. The molecule has 1 N–H and O–H groups in total. The molecule has 2 heterocycles. The van der Waals surface area contributed by atoms with E-state index in [0.29, 0.717) is 31.5 Å². The van der Waals surface area contributed by atoms with Gasteiger partial charge >= 0.3 is 0 Å². The summed E-state index contributed by atoms with van der Waals surface area (Å²) in [6.45, 7) is 1.02. The Morgan fingerprint density at radius 2 is 1.85 bits per heavy atom. The van der Waals surface area contributed by atoms with Crippen LogP contribution in [0.25, 0.3) is 11.1 Å². The number of halogens is 1. The third kappa shape index (κ3) is 5.11. The normalized spacial score (nSPS) is 18.1. The Morgan fingerprint density at radius 3 is 2.55 bits per heavy atom. The number of piperidine rings is 1. The molecule has 6 heteroatoms. The van der Waals surface area contributed by atoms with Gasteiger partial charge in [-0.3, -0.25) is 14.6 Å². The largest absolute Gasteiger partial charge is 0.359 e. The van der Waals surface area contributed by atoms with Crippen LogP contribution in [0.1, 0.15) is 24.0 Å². The van der Waals surface area contributed by atoms with E-state index in [2.05, 4.69) is 10.3 Å². The van der Waals surface area contributed by atoms with E-state index in [1.165, 1.54) is 6.07 Å². The number of hydrogen-bond donors (Lipinski definition) is 1. The van der Waals surface area contributed by atoms with E-state index in [0.717, 1.165) is 23.1 Å². The number of carbonyl (C=O) groups excluding carboxylic acids is 2. The number of hydrogen-bond acceptors (Lipinski definition) is 3. The summed E-state index contributed by atoms with van der Waals surface area (Å²) in [5.74, 6) is -0.312. The Morgan fingerprint density at radius 1 is 1.06 bits per heavy atom. The lowest BCUT2D eigenvalue weighted by atomic mass is 9.74. The molecule has 1 aliphatic heterocycles. The Labute approximate surface area is 193 Å². The summed E-state index contributed by atoms with van der Waals surface area (Å²) in [6.07, 6.45) is 5.64. The SMILES string of the molecule is CNC(=O)[C@]1(Cc2ccc(-c3ccccc3F)cc2)CCCN(C(=O)Cc2cccnc2)C1. The van der Waals surface area contributed by atoms with Gasteiger partial charge in [0.05, 0.1) is 11.8 Å². The van der Waals surface area contributed by atoms with Gasteiger partial charge in [-0.25, -0.2) is 4.39 Å². The molecule has 33 heavy (non-hydrogen) atoms. The highest BCUT2D eigenvalue weighted by Gasteiger charge is 2.43. The molecular formula is C27H28FN3O2. The summed E-state index contributed by atoms with van der Waals surface area (Å²) in [4.78, 5) is 31.9. The minimum absolute atomic E-state index is 0.00544. The van der Waals surface area contributed by atoms with E-state index < -0.39 is 5.41 Å². The van der Waals surface area contributed by atoms with E-state index in [9.17, 15) is 14.0 Å². The lowest BCUT2D eigenvalue weighted by molar-refractivity contribution is -0.141. The van der Waals surface area contributed by atoms with Crippen molar-refractivity contribution in [3.63, 3.8) is 0 Å². The maximum absolute atomic E-state index is 14.1. The first kappa shape index (κ1) is 22.6. The molecule has 170 valence electrons. The fraction of sp³-hybridized carbons (Fsp3) is 0.296. The zero-order valence-corrected chi connectivity index (χ0v) is 18.8. The molecule has 5 nitrogen and oxygen atoms in total. The van der Waals surface area contributed by atoms with Crippen LogP contribution in [-0.4, -0.2) is 41.8 Å². The highest BCUT2D eigenvalue weighted by Crippen LogP contribution is 2.35. The van der Waals surface area contributed by atoms with Gasteiger partial charge in [0.15, 0.2) is 0 Å². The third-order valence-corrected chi connectivity index (χ3v) is 6.40. The molecule has 1 fully saturated rings. The second-order valence-electron chi connectivity index (χ2n) is 8.67. The predicted octanol–water partition coefficient (Wildman–Crippen LogP) is 4.03. The molecule has 2 aromatic carbocycles. The molecule has 1 saturated heterocycles. The molecule has 0 aliphatic carbocycles. The van der Waals surface area contributed by atoms with Gasteiger partial charge < -0.3 is 10.2 Å². The lowest BCUT2D eigenvalue weighted by Crippen LogP contribution is -2.54. The van der Waals surface area contributed by atoms with Gasteiger partial charge in [0, 0.05) is 38.1 Å². The highest BCUT2D eigenvalue weighted by molar-refractivity contribution is 5.85. The number of benzene rings is 2. The van der Waals surface area contributed by atoms with E-state index in [1.54, 1.807) is 36.5 Å². The van der Waals surface area contributed by atoms with Crippen molar-refractivity contribution in [3.8, 4) is 11.1 Å². The smallest absolute Gasteiger partial charge is 0.228 e. The Hall–Kier alpha value is -3.54. The molecule has 0 spiro atoms. The first-order valence-electron chi connectivity index (χ1n) is 11.2. The number of aromatic nitrogens is 1. The van der Waals surface area contributed by atoms with Crippen molar-refractivity contribution < 1.29 is 14.0 Å². The first-order valence-corrected chi connectivity index (χ1v) is 11.2. The molecule has 0 saturated carbocycles. The molecule has 2 amide bonds. The Bertz CT molecular complexity index is 1120. The van der Waals surface area contributed by atoms with E-state index in [4.69, 9.17) is 0 Å². The van der Waals surface area contributed by atoms with Crippen LogP contribution in [0.2, 0.25) is 0 Å². The number of pyridine rings is 1. The van der Waals surface area contributed by atoms with E-state index in [-0.39, 0.29) is 24.1 Å². The van der Waals surface area contributed by atoms with Crippen molar-refractivity contribution in [1.82, 2.24) is 15.2 Å². The molecule has 1 aliphatic rings. The van der Waals surface area contributed by atoms with Crippen LogP contribution in [0.4, 0.5) is 4.39 Å². The standard InChI is InChI=1S/C27H28FN3O2/c1-29-26(33)27(13-5-15-31(19-27)25(32)16-21-6-4-14-30-18-21)17-20-9-11-22(12-10-20)23-7-2-3-8-24(23)28/h2-4,6-12,14,18H,5,13,15-17,19H2,1H3,(H,29,33)/t27-/m0/s1. The number of amides is 2. The molecule has 0 bridgehead atoms. The monoisotopic (exact) mass is 445 g/mol. The molecule has 0 unspecified atom stereocenters. The van der Waals surface area contributed by atoms with Gasteiger partial charge in [-0.05, 0) is 48.1 Å². The fourth-order valence-electron chi connectivity index (χ4n) is 4.70. The zero-order chi connectivity index (χ0) is 23.3. The van der Waals surface area contributed by atoms with Crippen molar-refractivity contribution in [2.45, 2.75) is 25.7 Å². The minimum Gasteiger partial charge on any atom is -0.359 e. The fourth-order valence-corrected chi connectivity index (χ4v) is 4.70. The molecule has 1 aromatic heterocycles. The van der Waals surface area contributed by atoms with Crippen LogP contribution in [0.3, 0.4) is 0 Å². The first-order chi connectivity index (χ1) is 16.0. The topological polar surface area (TPSA) is 62.3 Å². The van der Waals surface area contributed by atoms with Gasteiger partial charge in [0.25, 0.3) is 0 Å². The highest BCUT2D eigenvalue weighted by atomic mass is 19.1. The number of likely N-dealkylation sites (tertiary alicyclic amines) is 1. The van der Waals surface area contributed by atoms with Gasteiger partial charge in [0.2, 0.25) is 11.8 Å². The quantitative estimate of drug-likeness (QED) is 0.623. The average molecular weight is 446 g/mol. The third-order valence-electron chi connectivity index (χ3n) is 6.40. The second kappa shape index (κ2) is 9.94. The van der Waals surface area contributed by atoms with Crippen LogP contribution >= 0.6 is 0 Å². The average Bonchev–Trinajstić information content (AvgIpc) is 2.85. The van der Waals surface area contributed by atoms with Gasteiger partial charge in [0.1, 0.15) is 5.82 Å². The number of carbonyl (C=O) groups is 2. The van der Waals surface area contributed by atoms with Gasteiger partial charge in [-0.2, -0.15) is 0 Å². The number of nitrogens with one attached hydrogen (secondary N) is 1. The number of rotatable bonds is 6. The van der Waals surface area contributed by atoms with Gasteiger partial charge in [-0.15, -0.1) is 0 Å². The van der Waals surface area contributed by atoms with Crippen molar-refractivity contribution in [2.75, 3.05) is 20.1 Å². The van der Waals surface area contributed by atoms with Crippen molar-refractivity contribution in [2.24, 2.45) is 5.41 Å². The maximum Gasteiger partial charge on any atom is 0.228 e. The number of nitrogens with zero attached hydrogens (tertiary/aromatic N) is 2. The van der Waals surface area contributed by atoms with Crippen molar-refractivity contribution >= 4 is 11.8 Å². The van der Waals surface area contributed by atoms with Crippen LogP contribution in [0.15, 0.2) is 73.1 Å². The summed E-state index contributed by atoms with van der Waals surface area (Å²) in [6, 6.07) is 18.1. The minimum atomic E-state index is -0.697.